The number of anilines is 2. The molecule has 4 aromatic rings. The molecular weight excluding hydrogens is 518 g/mol. The lowest BCUT2D eigenvalue weighted by atomic mass is 9.67. The number of hydrogen-bond donors (Lipinski definition) is 2. The first-order valence-corrected chi connectivity index (χ1v) is 14.3. The number of pyridine rings is 1. The molecule has 0 saturated heterocycles. The minimum absolute atomic E-state index is 0.148. The van der Waals surface area contributed by atoms with Gasteiger partial charge in [0.1, 0.15) is 29.0 Å². The van der Waals surface area contributed by atoms with E-state index in [1.807, 2.05) is 6.92 Å². The van der Waals surface area contributed by atoms with Gasteiger partial charge in [0.2, 0.25) is 5.95 Å². The van der Waals surface area contributed by atoms with E-state index in [-0.39, 0.29) is 24.1 Å². The fourth-order valence-corrected chi connectivity index (χ4v) is 7.11. The summed E-state index contributed by atoms with van der Waals surface area (Å²) in [6, 6.07) is 8.01. The lowest BCUT2D eigenvalue weighted by Gasteiger charge is -2.45. The Bertz CT molecular complexity index is 1780. The van der Waals surface area contributed by atoms with Gasteiger partial charge in [0.15, 0.2) is 11.5 Å². The van der Waals surface area contributed by atoms with Crippen molar-refractivity contribution in [1.29, 1.82) is 0 Å². The molecule has 7 rings (SSSR count). The number of ether oxygens (including phenoxy) is 1. The average Bonchev–Trinajstić information content (AvgIpc) is 3.42. The van der Waals surface area contributed by atoms with Gasteiger partial charge in [-0.1, -0.05) is 19.9 Å². The highest BCUT2D eigenvalue weighted by Gasteiger charge is 2.40. The van der Waals surface area contributed by atoms with Gasteiger partial charge >= 0.3 is 0 Å². The van der Waals surface area contributed by atoms with E-state index in [1.54, 1.807) is 29.1 Å². The number of aryl methyl sites for hydroxylation is 1. The van der Waals surface area contributed by atoms with Crippen molar-refractivity contribution in [2.75, 3.05) is 25.5 Å². The fourth-order valence-electron chi connectivity index (χ4n) is 7.11. The third-order valence-corrected chi connectivity index (χ3v) is 8.93. The van der Waals surface area contributed by atoms with Crippen LogP contribution < -0.4 is 15.6 Å². The fraction of sp³-hybridized carbons (Fsp3) is 0.419. The minimum atomic E-state index is -1.18. The van der Waals surface area contributed by atoms with Gasteiger partial charge in [0, 0.05) is 30.4 Å². The predicted molar refractivity (Wildman–Crippen MR) is 157 cm³/mol. The predicted octanol–water partition coefficient (Wildman–Crippen LogP) is 3.94. The number of nitrogens with zero attached hydrogens (tertiary/aromatic N) is 6. The molecule has 10 heteroatoms. The number of aromatic nitrogens is 5. The van der Waals surface area contributed by atoms with Crippen molar-refractivity contribution in [1.82, 2.24) is 29.2 Å². The third kappa shape index (κ3) is 3.99. The zero-order valence-corrected chi connectivity index (χ0v) is 23.8. The summed E-state index contributed by atoms with van der Waals surface area (Å²) in [6.07, 6.45) is 7.13. The van der Waals surface area contributed by atoms with Crippen molar-refractivity contribution in [3.05, 3.63) is 75.9 Å². The van der Waals surface area contributed by atoms with Crippen LogP contribution in [-0.2, 0) is 30.5 Å². The summed E-state index contributed by atoms with van der Waals surface area (Å²) in [6.45, 7) is 10.5. The standard InChI is InChI=1S/C31H35N7O3/c1-5-12-37-28(39)22-15-32-29(33-21-13-19-8-7-11-30(3)17-36(4)16-20(14-21)25(19)30)35-27(22)38(37)24-10-9-23-26(34-24)31(40,6-2)18-41-23/h5,9-10,13-15,40H,1,6-8,11-12,16-18H2,2-4H3,(H,32,33,35). The number of aliphatic hydroxyl groups is 1. The Morgan fingerprint density at radius 2 is 2.07 bits per heavy atom. The van der Waals surface area contributed by atoms with Crippen LogP contribution in [0.15, 0.2) is 47.9 Å². The van der Waals surface area contributed by atoms with Gasteiger partial charge in [0.25, 0.3) is 5.56 Å². The number of nitrogens with one attached hydrogen (secondary N) is 1. The smallest absolute Gasteiger partial charge is 0.278 e. The van der Waals surface area contributed by atoms with Gasteiger partial charge < -0.3 is 20.1 Å². The summed E-state index contributed by atoms with van der Waals surface area (Å²) < 4.78 is 8.90. The summed E-state index contributed by atoms with van der Waals surface area (Å²) in [5.41, 5.74) is 4.85. The van der Waals surface area contributed by atoms with E-state index < -0.39 is 5.60 Å². The molecule has 41 heavy (non-hydrogen) atoms. The molecule has 3 aliphatic rings. The number of hydrogen-bond acceptors (Lipinski definition) is 8. The van der Waals surface area contributed by atoms with Crippen molar-refractivity contribution < 1.29 is 9.84 Å². The van der Waals surface area contributed by atoms with Gasteiger partial charge in [0.05, 0.1) is 6.54 Å². The molecule has 2 aliphatic heterocycles. The van der Waals surface area contributed by atoms with E-state index in [4.69, 9.17) is 14.7 Å². The lowest BCUT2D eigenvalue weighted by Crippen LogP contribution is -2.44. The highest BCUT2D eigenvalue weighted by molar-refractivity contribution is 5.77. The van der Waals surface area contributed by atoms with Crippen LogP contribution in [0.1, 0.15) is 55.5 Å². The highest BCUT2D eigenvalue weighted by Crippen LogP contribution is 2.44. The molecule has 0 spiro atoms. The molecule has 1 aliphatic carbocycles. The van der Waals surface area contributed by atoms with Crippen LogP contribution in [-0.4, -0.2) is 54.5 Å². The van der Waals surface area contributed by atoms with Crippen molar-refractivity contribution in [2.24, 2.45) is 0 Å². The quantitative estimate of drug-likeness (QED) is 0.346. The van der Waals surface area contributed by atoms with Crippen molar-refractivity contribution in [2.45, 2.75) is 63.6 Å². The second-order valence-electron chi connectivity index (χ2n) is 12.0. The molecule has 2 atom stereocenters. The Morgan fingerprint density at radius 1 is 1.24 bits per heavy atom. The molecule has 10 nitrogen and oxygen atoms in total. The first kappa shape index (κ1) is 25.9. The molecule has 212 valence electrons. The molecule has 0 radical (unpaired) electrons. The molecule has 0 amide bonds. The van der Waals surface area contributed by atoms with Gasteiger partial charge in [-0.25, -0.2) is 19.3 Å². The Labute approximate surface area is 238 Å². The molecule has 5 heterocycles. The lowest BCUT2D eigenvalue weighted by molar-refractivity contribution is 0.01000. The van der Waals surface area contributed by atoms with Crippen LogP contribution in [0.5, 0.6) is 5.75 Å². The van der Waals surface area contributed by atoms with Gasteiger partial charge in [-0.05, 0) is 73.7 Å². The number of likely N-dealkylation sites (N-methyl/N-ethyl adjacent to an activating group) is 1. The monoisotopic (exact) mass is 553 g/mol. The number of benzene rings is 1. The molecule has 0 fully saturated rings. The largest absolute Gasteiger partial charge is 0.488 e. The van der Waals surface area contributed by atoms with Crippen LogP contribution in [0.25, 0.3) is 16.9 Å². The molecule has 0 bridgehead atoms. The van der Waals surface area contributed by atoms with Crippen molar-refractivity contribution in [3.63, 3.8) is 0 Å². The second kappa shape index (κ2) is 9.25. The van der Waals surface area contributed by atoms with Crippen molar-refractivity contribution in [3.8, 4) is 11.6 Å². The zero-order chi connectivity index (χ0) is 28.5. The summed E-state index contributed by atoms with van der Waals surface area (Å²) in [4.78, 5) is 30.0. The number of rotatable bonds is 6. The summed E-state index contributed by atoms with van der Waals surface area (Å²) in [5, 5.41) is 14.9. The molecule has 2 unspecified atom stereocenters. The van der Waals surface area contributed by atoms with Crippen LogP contribution in [0, 0.1) is 0 Å². The Kier molecular flexibility index (Phi) is 5.85. The van der Waals surface area contributed by atoms with E-state index in [9.17, 15) is 9.90 Å². The van der Waals surface area contributed by atoms with Crippen LogP contribution in [0.4, 0.5) is 11.6 Å². The summed E-state index contributed by atoms with van der Waals surface area (Å²) in [7, 11) is 2.19. The molecule has 0 saturated carbocycles. The minimum Gasteiger partial charge on any atom is -0.488 e. The molecular formula is C31H35N7O3. The SMILES string of the molecule is C=CCn1c(=O)c2cnc(Nc3cc4c5c(c3)CN(C)CC5(C)CCC4)nc2n1-c1ccc2c(n1)C(O)(CC)CO2. The maximum Gasteiger partial charge on any atom is 0.278 e. The van der Waals surface area contributed by atoms with Gasteiger partial charge in [-0.3, -0.25) is 4.79 Å². The van der Waals surface area contributed by atoms with Gasteiger partial charge in [-0.2, -0.15) is 4.98 Å². The van der Waals surface area contributed by atoms with Crippen LogP contribution >= 0.6 is 0 Å². The van der Waals surface area contributed by atoms with E-state index in [2.05, 4.69) is 47.9 Å². The Balaban J connectivity index is 1.33. The Hall–Kier alpha value is -4.02. The van der Waals surface area contributed by atoms with Gasteiger partial charge in [-0.15, -0.1) is 6.58 Å². The number of fused-ring (bicyclic) bond motifs is 2. The zero-order valence-electron chi connectivity index (χ0n) is 23.8. The molecule has 1 aromatic carbocycles. The average molecular weight is 554 g/mol. The van der Waals surface area contributed by atoms with E-state index in [0.717, 1.165) is 25.2 Å². The van der Waals surface area contributed by atoms with Crippen LogP contribution in [0.2, 0.25) is 0 Å². The highest BCUT2D eigenvalue weighted by atomic mass is 16.5. The summed E-state index contributed by atoms with van der Waals surface area (Å²) >= 11 is 0. The topological polar surface area (TPSA) is 110 Å². The summed E-state index contributed by atoms with van der Waals surface area (Å²) in [5.74, 6) is 1.40. The number of allylic oxidation sites excluding steroid dienone is 1. The second-order valence-corrected chi connectivity index (χ2v) is 12.0. The molecule has 2 N–H and O–H groups in total. The third-order valence-electron chi connectivity index (χ3n) is 8.93. The van der Waals surface area contributed by atoms with Crippen molar-refractivity contribution >= 4 is 22.7 Å². The molecule has 3 aromatic heterocycles. The van der Waals surface area contributed by atoms with E-state index >= 15 is 0 Å². The first-order valence-electron chi connectivity index (χ1n) is 14.3. The maximum absolute atomic E-state index is 13.4. The van der Waals surface area contributed by atoms with E-state index in [1.165, 1.54) is 34.2 Å². The van der Waals surface area contributed by atoms with E-state index in [0.29, 0.717) is 40.7 Å². The van der Waals surface area contributed by atoms with Crippen LogP contribution in [0.3, 0.4) is 0 Å². The normalized spacial score (nSPS) is 23.2. The Morgan fingerprint density at radius 3 is 2.88 bits per heavy atom. The maximum atomic E-state index is 13.4. The first-order chi connectivity index (χ1) is 19.7.